The number of allylic oxidation sites excluding steroid dienone is 2. The Morgan fingerprint density at radius 3 is 1.59 bits per heavy atom. The van der Waals surface area contributed by atoms with Crippen LogP contribution < -0.4 is 0 Å². The quantitative estimate of drug-likeness (QED) is 0.0149. The van der Waals surface area contributed by atoms with Gasteiger partial charge in [0.15, 0.2) is 68.4 Å². The molecule has 8 aliphatic heterocycles. The standard InChI is InChI=1S/C83H130O42/c1-30(2)25-107-68(105)63-57(103)62(121-70-54(100)48(94)39(89)27-109-70)66(123-73-55(101)50(96)49(95)41(24-84)116-73)76(122-63)117-45-17-18-79(10)42(80(45,11)29-85)16-19-81(12)43(79)15-14-36-37-22-78(8,9)20-21-83(37,44(91)23-82(36,81)13)77(106)125-75-67(124-74-64(114-34(6)86)51(97)46(92)31(3)111-74)65(115-35(7)87)60(33(5)113-75)119-72-56(102)52(98)59(32(4)112-72)118-71-58(104)61(40(90)28-110-71)120-69-53(99)47(93)38(88)26-108-69/h14,29-33,37-67,69-76,84,88-104H,15-28H2,1-13H3. The van der Waals surface area contributed by atoms with Crippen molar-refractivity contribution in [3.05, 3.63) is 11.6 Å². The van der Waals surface area contributed by atoms with Crippen LogP contribution in [0.3, 0.4) is 0 Å². The van der Waals surface area contributed by atoms with E-state index >= 15 is 4.79 Å². The number of carbonyl (C=O) groups is 5. The highest BCUT2D eigenvalue weighted by atomic mass is 16.8. The maximum atomic E-state index is 16.4. The van der Waals surface area contributed by atoms with E-state index in [-0.39, 0.29) is 37.7 Å². The number of fused-ring (bicyclic) bond motifs is 7. The van der Waals surface area contributed by atoms with Gasteiger partial charge in [0.1, 0.15) is 146 Å². The molecule has 42 nitrogen and oxygen atoms in total. The Hall–Kier alpha value is -4.03. The lowest BCUT2D eigenvalue weighted by molar-refractivity contribution is -0.392. The molecule has 47 unspecified atom stereocenters. The molecule has 714 valence electrons. The number of ether oxygens (including phenoxy) is 19. The molecule has 0 amide bonds. The summed E-state index contributed by atoms with van der Waals surface area (Å²) < 4.78 is 116. The molecule has 13 aliphatic rings. The summed E-state index contributed by atoms with van der Waals surface area (Å²) in [5.74, 6) is -5.89. The van der Waals surface area contributed by atoms with Crippen LogP contribution in [0.25, 0.3) is 0 Å². The van der Waals surface area contributed by atoms with Crippen molar-refractivity contribution in [3.63, 3.8) is 0 Å². The number of aliphatic hydroxyl groups excluding tert-OH is 18. The molecular weight excluding hydrogens is 1670 g/mol. The molecule has 125 heavy (non-hydrogen) atoms. The van der Waals surface area contributed by atoms with Gasteiger partial charge in [0.2, 0.25) is 6.29 Å². The lowest BCUT2D eigenvalue weighted by Crippen LogP contribution is -2.69. The van der Waals surface area contributed by atoms with Gasteiger partial charge in [0, 0.05) is 13.8 Å². The molecule has 0 radical (unpaired) electrons. The van der Waals surface area contributed by atoms with Gasteiger partial charge in [-0.25, -0.2) is 4.79 Å². The minimum Gasteiger partial charge on any atom is -0.463 e. The molecule has 0 spiro atoms. The van der Waals surface area contributed by atoms with Crippen LogP contribution in [0.1, 0.15) is 148 Å². The Morgan fingerprint density at radius 2 is 0.976 bits per heavy atom. The summed E-state index contributed by atoms with van der Waals surface area (Å²) in [5, 5.41) is 202. The van der Waals surface area contributed by atoms with Crippen LogP contribution in [0.5, 0.6) is 0 Å². The minimum absolute atomic E-state index is 0.0281. The molecule has 47 atom stereocenters. The van der Waals surface area contributed by atoms with Crippen molar-refractivity contribution in [2.45, 2.75) is 387 Å². The van der Waals surface area contributed by atoms with E-state index in [0.717, 1.165) is 25.7 Å². The molecule has 0 aromatic heterocycles. The predicted molar refractivity (Wildman–Crippen MR) is 411 cm³/mol. The van der Waals surface area contributed by atoms with Crippen LogP contribution >= 0.6 is 0 Å². The fraction of sp³-hybridized carbons (Fsp3) is 0.916. The van der Waals surface area contributed by atoms with Crippen molar-refractivity contribution < 1.29 is 206 Å². The van der Waals surface area contributed by atoms with Gasteiger partial charge in [0.05, 0.1) is 69.0 Å². The maximum absolute atomic E-state index is 16.4. The van der Waals surface area contributed by atoms with E-state index in [2.05, 4.69) is 40.7 Å². The van der Waals surface area contributed by atoms with E-state index in [4.69, 9.17) is 90.0 Å². The Labute approximate surface area is 721 Å². The van der Waals surface area contributed by atoms with Crippen LogP contribution in [-0.4, -0.2) is 395 Å². The van der Waals surface area contributed by atoms with E-state index < -0.39 is 334 Å². The SMILES string of the molecule is CC(=O)OC1C(OC2C(OC(=O)C34CCC(C)(C)CC3C3=CCC5C6(C)CCC(OC7OC(C(=O)OCC(C)C)C(O)C(OC8OCC(O)C(O)C8O)C7OC7OC(CO)C(O)C(O)C7O)C(C)(C=O)C6CCC5(C)C3(C)CC4O)OC(C)C(OC3OC(C)C(OC4OCC(O)C(OC5OCC(O)C(O)C5O)C4O)C(O)C3O)C2OC(C)=O)OC(C)C(O)C1O. The summed E-state index contributed by atoms with van der Waals surface area (Å²) in [6.07, 6.45) is -64.1. The van der Waals surface area contributed by atoms with Crippen molar-refractivity contribution in [1.29, 1.82) is 0 Å². The number of aliphatic hydroxyl groups is 18. The number of carbonyl (C=O) groups excluding carboxylic acids is 5. The highest BCUT2D eigenvalue weighted by molar-refractivity contribution is 5.80. The predicted octanol–water partition coefficient (Wildman–Crippen LogP) is -5.24. The Balaban J connectivity index is 0.784. The molecule has 4 saturated carbocycles. The van der Waals surface area contributed by atoms with Gasteiger partial charge < -0.3 is 187 Å². The summed E-state index contributed by atoms with van der Waals surface area (Å²) in [6.45, 7) is 19.2. The van der Waals surface area contributed by atoms with E-state index in [1.54, 1.807) is 20.8 Å². The molecule has 0 bridgehead atoms. The third-order valence-corrected chi connectivity index (χ3v) is 29.6. The molecule has 0 aromatic carbocycles. The molecular formula is C83H130O42. The van der Waals surface area contributed by atoms with Crippen LogP contribution in [0, 0.1) is 56.2 Å². The van der Waals surface area contributed by atoms with Gasteiger partial charge in [-0.05, 0) is 124 Å². The summed E-state index contributed by atoms with van der Waals surface area (Å²) in [6, 6.07) is 0. The van der Waals surface area contributed by atoms with Crippen molar-refractivity contribution in [2.75, 3.05) is 33.0 Å². The first-order valence-electron chi connectivity index (χ1n) is 43.4. The lowest BCUT2D eigenvalue weighted by Gasteiger charge is -2.71. The van der Waals surface area contributed by atoms with Crippen LogP contribution in [0.4, 0.5) is 0 Å². The normalized spacial score (nSPS) is 51.8. The zero-order valence-electron chi connectivity index (χ0n) is 72.2. The second-order valence-corrected chi connectivity index (χ2v) is 38.8. The highest BCUT2D eigenvalue weighted by Crippen LogP contribution is 2.76. The van der Waals surface area contributed by atoms with E-state index in [1.165, 1.54) is 20.8 Å². The molecule has 42 heteroatoms. The zero-order chi connectivity index (χ0) is 91.5. The molecule has 13 rings (SSSR count). The van der Waals surface area contributed by atoms with E-state index in [1.807, 2.05) is 0 Å². The molecule has 18 N–H and O–H groups in total. The summed E-state index contributed by atoms with van der Waals surface area (Å²) in [5.41, 5.74) is -5.30. The average molecular weight is 1800 g/mol. The number of esters is 4. The minimum atomic E-state index is -2.13. The second-order valence-electron chi connectivity index (χ2n) is 38.8. The summed E-state index contributed by atoms with van der Waals surface area (Å²) >= 11 is 0. The van der Waals surface area contributed by atoms with Crippen LogP contribution in [-0.2, 0) is 114 Å². The monoisotopic (exact) mass is 1800 g/mol. The Kier molecular flexibility index (Phi) is 30.1. The lowest BCUT2D eigenvalue weighted by atomic mass is 9.33. The van der Waals surface area contributed by atoms with Crippen LogP contribution in [0.2, 0.25) is 0 Å². The Morgan fingerprint density at radius 1 is 0.464 bits per heavy atom. The Bertz CT molecular complexity index is 3750. The average Bonchev–Trinajstić information content (AvgIpc) is 0.667. The molecule has 0 aromatic rings. The number of rotatable bonds is 23. The first kappa shape index (κ1) is 98.5. The van der Waals surface area contributed by atoms with Gasteiger partial charge in [-0.2, -0.15) is 0 Å². The highest BCUT2D eigenvalue weighted by Gasteiger charge is 2.74. The summed E-state index contributed by atoms with van der Waals surface area (Å²) in [4.78, 5) is 71.8. The topological polar surface area (TPSA) is 625 Å². The van der Waals surface area contributed by atoms with Crippen molar-refractivity contribution in [1.82, 2.24) is 0 Å². The van der Waals surface area contributed by atoms with E-state index in [0.29, 0.717) is 38.5 Å². The van der Waals surface area contributed by atoms with Crippen molar-refractivity contribution >= 4 is 30.2 Å². The second kappa shape index (κ2) is 38.2. The largest absolute Gasteiger partial charge is 0.463 e. The number of hydrogen-bond donors (Lipinski definition) is 18. The molecule has 12 fully saturated rings. The number of aldehydes is 1. The third kappa shape index (κ3) is 18.3. The van der Waals surface area contributed by atoms with Gasteiger partial charge >= 0.3 is 23.9 Å². The molecule has 8 saturated heterocycles. The smallest absolute Gasteiger partial charge is 0.338 e. The van der Waals surface area contributed by atoms with Gasteiger partial charge in [0.25, 0.3) is 0 Å². The zero-order valence-corrected chi connectivity index (χ0v) is 72.2. The molecule has 5 aliphatic carbocycles. The summed E-state index contributed by atoms with van der Waals surface area (Å²) in [7, 11) is 0. The third-order valence-electron chi connectivity index (χ3n) is 29.6. The maximum Gasteiger partial charge on any atom is 0.338 e. The van der Waals surface area contributed by atoms with E-state index in [9.17, 15) is 111 Å². The first-order chi connectivity index (χ1) is 58.6. The fourth-order valence-corrected chi connectivity index (χ4v) is 22.4. The molecule has 8 heterocycles. The van der Waals surface area contributed by atoms with Crippen LogP contribution in [0.15, 0.2) is 11.6 Å². The van der Waals surface area contributed by atoms with Crippen molar-refractivity contribution in [3.8, 4) is 0 Å². The van der Waals surface area contributed by atoms with Gasteiger partial charge in [-0.1, -0.05) is 67.0 Å². The first-order valence-corrected chi connectivity index (χ1v) is 43.4. The van der Waals surface area contributed by atoms with Gasteiger partial charge in [-0.15, -0.1) is 0 Å². The number of hydrogen-bond acceptors (Lipinski definition) is 42. The van der Waals surface area contributed by atoms with Crippen molar-refractivity contribution in [2.24, 2.45) is 56.2 Å². The van der Waals surface area contributed by atoms with Gasteiger partial charge in [-0.3, -0.25) is 14.4 Å². The fourth-order valence-electron chi connectivity index (χ4n) is 22.4.